The van der Waals surface area contributed by atoms with Gasteiger partial charge >= 0.3 is 0 Å². The second-order valence-corrected chi connectivity index (χ2v) is 9.90. The van der Waals surface area contributed by atoms with E-state index in [4.69, 9.17) is 9.72 Å². The summed E-state index contributed by atoms with van der Waals surface area (Å²) in [7, 11) is 0. The molecule has 1 fully saturated rings. The number of amides is 2. The van der Waals surface area contributed by atoms with Gasteiger partial charge in [-0.1, -0.05) is 29.8 Å². The number of aromatic nitrogens is 1. The van der Waals surface area contributed by atoms with Crippen LogP contribution in [0.3, 0.4) is 0 Å². The second-order valence-electron chi connectivity index (χ2n) is 8.88. The highest BCUT2D eigenvalue weighted by Gasteiger charge is 2.23. The molecule has 2 aromatic carbocycles. The number of benzene rings is 2. The molecular formula is C28H29N3O3S. The van der Waals surface area contributed by atoms with E-state index in [-0.39, 0.29) is 11.8 Å². The van der Waals surface area contributed by atoms with Crippen LogP contribution in [0.4, 0.5) is 0 Å². The number of carbonyl (C=O) groups is 2. The maximum absolute atomic E-state index is 13.4. The minimum Gasteiger partial charge on any atom is -0.494 e. The molecule has 0 bridgehead atoms. The number of pyridine rings is 1. The molecule has 7 heteroatoms. The largest absolute Gasteiger partial charge is 0.494 e. The van der Waals surface area contributed by atoms with Gasteiger partial charge in [0, 0.05) is 53.3 Å². The molecule has 0 aliphatic carbocycles. The summed E-state index contributed by atoms with van der Waals surface area (Å²) >= 11 is 1.50. The fourth-order valence-corrected chi connectivity index (χ4v) is 5.86. The van der Waals surface area contributed by atoms with E-state index in [0.29, 0.717) is 31.0 Å². The third-order valence-corrected chi connectivity index (χ3v) is 7.65. The van der Waals surface area contributed by atoms with E-state index in [1.54, 1.807) is 0 Å². The molecular weight excluding hydrogens is 458 g/mol. The second kappa shape index (κ2) is 10.0. The Kier molecular flexibility index (Phi) is 6.68. The molecule has 0 radical (unpaired) electrons. The summed E-state index contributed by atoms with van der Waals surface area (Å²) in [5.74, 6) is 0.916. The summed E-state index contributed by atoms with van der Waals surface area (Å²) in [6, 6.07) is 14.2. The molecule has 1 saturated heterocycles. The van der Waals surface area contributed by atoms with Crippen LogP contribution in [-0.4, -0.2) is 47.9 Å². The molecule has 1 N–H and O–H groups in total. The Morgan fingerprint density at radius 3 is 2.74 bits per heavy atom. The Morgan fingerprint density at radius 1 is 1.17 bits per heavy atom. The average molecular weight is 488 g/mol. The lowest BCUT2D eigenvalue weighted by Gasteiger charge is -2.15. The zero-order chi connectivity index (χ0) is 24.4. The molecule has 180 valence electrons. The number of likely N-dealkylation sites (tertiary alicyclic amines) is 1. The highest BCUT2D eigenvalue weighted by Crippen LogP contribution is 2.42. The van der Waals surface area contributed by atoms with E-state index in [1.165, 1.54) is 16.9 Å². The molecule has 4 aromatic rings. The highest BCUT2D eigenvalue weighted by atomic mass is 32.1. The first-order chi connectivity index (χ1) is 17.0. The predicted octanol–water partition coefficient (Wildman–Crippen LogP) is 5.57. The molecule has 5 rings (SSSR count). The summed E-state index contributed by atoms with van der Waals surface area (Å²) in [6.45, 7) is 6.64. The van der Waals surface area contributed by atoms with Crippen molar-refractivity contribution in [2.45, 2.75) is 33.1 Å². The SMILES string of the molecule is CCOc1ccc2ncc3c(-c4ccc(C)cc4)c(C(=O)NCCCN4CCCC4=O)sc3c2c1. The number of fused-ring (bicyclic) bond motifs is 3. The van der Waals surface area contributed by atoms with Gasteiger partial charge in [0.1, 0.15) is 10.6 Å². The lowest BCUT2D eigenvalue weighted by atomic mass is 10.0. The third-order valence-electron chi connectivity index (χ3n) is 6.41. The van der Waals surface area contributed by atoms with Crippen molar-refractivity contribution in [3.05, 3.63) is 59.1 Å². The molecule has 0 saturated carbocycles. The average Bonchev–Trinajstić information content (AvgIpc) is 3.46. The van der Waals surface area contributed by atoms with Gasteiger partial charge in [-0.3, -0.25) is 14.6 Å². The quantitative estimate of drug-likeness (QED) is 0.330. The Balaban J connectivity index is 1.50. The van der Waals surface area contributed by atoms with E-state index in [9.17, 15) is 9.59 Å². The summed E-state index contributed by atoms with van der Waals surface area (Å²) in [4.78, 5) is 32.5. The van der Waals surface area contributed by atoms with Gasteiger partial charge in [0.15, 0.2) is 0 Å². The summed E-state index contributed by atoms with van der Waals surface area (Å²) < 4.78 is 6.76. The first-order valence-corrected chi connectivity index (χ1v) is 13.0. The maximum atomic E-state index is 13.4. The molecule has 0 atom stereocenters. The van der Waals surface area contributed by atoms with Crippen molar-refractivity contribution in [2.75, 3.05) is 26.2 Å². The van der Waals surface area contributed by atoms with Crippen LogP contribution >= 0.6 is 11.3 Å². The van der Waals surface area contributed by atoms with Gasteiger partial charge in [-0.25, -0.2) is 0 Å². The van der Waals surface area contributed by atoms with Crippen molar-refractivity contribution >= 4 is 44.1 Å². The molecule has 0 spiro atoms. The minimum absolute atomic E-state index is 0.0939. The zero-order valence-electron chi connectivity index (χ0n) is 20.1. The van der Waals surface area contributed by atoms with Crippen molar-refractivity contribution < 1.29 is 14.3 Å². The first kappa shape index (κ1) is 23.3. The van der Waals surface area contributed by atoms with Crippen LogP contribution in [0.2, 0.25) is 0 Å². The van der Waals surface area contributed by atoms with Crippen LogP contribution in [0, 0.1) is 6.92 Å². The van der Waals surface area contributed by atoms with Gasteiger partial charge in [0.25, 0.3) is 5.91 Å². The zero-order valence-corrected chi connectivity index (χ0v) is 20.9. The van der Waals surface area contributed by atoms with Crippen molar-refractivity contribution in [3.63, 3.8) is 0 Å². The molecule has 1 aliphatic rings. The van der Waals surface area contributed by atoms with E-state index < -0.39 is 0 Å². The number of thiophene rings is 1. The number of nitrogens with zero attached hydrogens (tertiary/aromatic N) is 2. The number of carbonyl (C=O) groups excluding carboxylic acids is 2. The Morgan fingerprint density at radius 2 is 2.00 bits per heavy atom. The summed E-state index contributed by atoms with van der Waals surface area (Å²) in [6.07, 6.45) is 4.19. The van der Waals surface area contributed by atoms with Crippen LogP contribution in [0.5, 0.6) is 5.75 Å². The first-order valence-electron chi connectivity index (χ1n) is 12.2. The molecule has 2 amide bonds. The van der Waals surface area contributed by atoms with Gasteiger partial charge < -0.3 is 15.0 Å². The Hall–Kier alpha value is -3.45. The topological polar surface area (TPSA) is 71.5 Å². The molecule has 0 unspecified atom stereocenters. The highest BCUT2D eigenvalue weighted by molar-refractivity contribution is 7.22. The van der Waals surface area contributed by atoms with Crippen molar-refractivity contribution in [1.29, 1.82) is 0 Å². The Labute approximate surface area is 208 Å². The van der Waals surface area contributed by atoms with Crippen LogP contribution in [-0.2, 0) is 4.79 Å². The summed E-state index contributed by atoms with van der Waals surface area (Å²) in [5, 5.41) is 5.04. The number of rotatable bonds is 8. The van der Waals surface area contributed by atoms with Crippen molar-refractivity contribution in [3.8, 4) is 16.9 Å². The maximum Gasteiger partial charge on any atom is 0.262 e. The van der Waals surface area contributed by atoms with E-state index in [0.717, 1.165) is 57.3 Å². The Bertz CT molecular complexity index is 1390. The van der Waals surface area contributed by atoms with Gasteiger partial charge in [0.2, 0.25) is 5.91 Å². The fourth-order valence-electron chi connectivity index (χ4n) is 4.63. The number of ether oxygens (including phenoxy) is 1. The lowest BCUT2D eigenvalue weighted by molar-refractivity contribution is -0.127. The monoisotopic (exact) mass is 487 g/mol. The van der Waals surface area contributed by atoms with Crippen molar-refractivity contribution in [2.24, 2.45) is 0 Å². The number of nitrogens with one attached hydrogen (secondary N) is 1. The van der Waals surface area contributed by atoms with Crippen molar-refractivity contribution in [1.82, 2.24) is 15.2 Å². The van der Waals surface area contributed by atoms with Gasteiger partial charge in [-0.15, -0.1) is 11.3 Å². The van der Waals surface area contributed by atoms with E-state index in [1.807, 2.05) is 36.2 Å². The minimum atomic E-state index is -0.0939. The molecule has 1 aliphatic heterocycles. The normalized spacial score (nSPS) is 13.7. The number of aryl methyl sites for hydroxylation is 1. The summed E-state index contributed by atoms with van der Waals surface area (Å²) in [5.41, 5.74) is 3.95. The predicted molar refractivity (Wildman–Crippen MR) is 141 cm³/mol. The van der Waals surface area contributed by atoms with Gasteiger partial charge in [-0.05, 0) is 50.5 Å². The fraction of sp³-hybridized carbons (Fsp3) is 0.321. The van der Waals surface area contributed by atoms with E-state index in [2.05, 4.69) is 36.5 Å². The number of hydrogen-bond acceptors (Lipinski definition) is 5. The molecule has 35 heavy (non-hydrogen) atoms. The van der Waals surface area contributed by atoms with Crippen LogP contribution in [0.25, 0.3) is 32.1 Å². The van der Waals surface area contributed by atoms with Crippen LogP contribution in [0.15, 0.2) is 48.7 Å². The lowest BCUT2D eigenvalue weighted by Crippen LogP contribution is -2.30. The molecule has 6 nitrogen and oxygen atoms in total. The standard InChI is InChI=1S/C28H29N3O3S/c1-3-34-20-11-12-23-21(16-20)26-22(17-30-23)25(19-9-7-18(2)8-10-19)27(35-26)28(33)29-13-5-15-31-14-4-6-24(31)32/h7-12,16-17H,3-6,13-15H2,1-2H3,(H,29,33). The van der Waals surface area contributed by atoms with Crippen LogP contribution in [0.1, 0.15) is 41.4 Å². The van der Waals surface area contributed by atoms with E-state index >= 15 is 0 Å². The number of hydrogen-bond donors (Lipinski definition) is 1. The van der Waals surface area contributed by atoms with Crippen LogP contribution < -0.4 is 10.1 Å². The smallest absolute Gasteiger partial charge is 0.262 e. The van der Waals surface area contributed by atoms with Gasteiger partial charge in [-0.2, -0.15) is 0 Å². The molecule has 2 aromatic heterocycles. The third kappa shape index (κ3) is 4.73. The molecule has 3 heterocycles. The van der Waals surface area contributed by atoms with Gasteiger partial charge in [0.05, 0.1) is 12.1 Å².